The van der Waals surface area contributed by atoms with E-state index in [-0.39, 0.29) is 5.69 Å². The number of nitro groups is 1. The van der Waals surface area contributed by atoms with E-state index in [2.05, 4.69) is 10.1 Å². The first kappa shape index (κ1) is 7.47. The quantitative estimate of drug-likeness (QED) is 0.503. The molecule has 7 heteroatoms. The SMILES string of the molecule is O=[N+]([O-])c1cnn(-c2cocn2)c1. The molecule has 66 valence electrons. The monoisotopic (exact) mass is 180 g/mol. The van der Waals surface area contributed by atoms with Gasteiger partial charge in [-0.2, -0.15) is 10.1 Å². The summed E-state index contributed by atoms with van der Waals surface area (Å²) < 4.78 is 5.96. The molecule has 0 aliphatic heterocycles. The van der Waals surface area contributed by atoms with Crippen LogP contribution in [0.5, 0.6) is 0 Å². The van der Waals surface area contributed by atoms with Crippen LogP contribution in [0.2, 0.25) is 0 Å². The predicted octanol–water partition coefficient (Wildman–Crippen LogP) is 0.768. The molecule has 0 saturated carbocycles. The molecule has 13 heavy (non-hydrogen) atoms. The Labute approximate surface area is 71.8 Å². The van der Waals surface area contributed by atoms with Crippen LogP contribution in [0.15, 0.2) is 29.5 Å². The van der Waals surface area contributed by atoms with Crippen LogP contribution in [0.4, 0.5) is 5.69 Å². The fourth-order valence-electron chi connectivity index (χ4n) is 0.852. The van der Waals surface area contributed by atoms with Crippen molar-refractivity contribution >= 4 is 5.69 Å². The molecule has 0 spiro atoms. The summed E-state index contributed by atoms with van der Waals surface area (Å²) in [5.74, 6) is 0.410. The predicted molar refractivity (Wildman–Crippen MR) is 40.3 cm³/mol. The van der Waals surface area contributed by atoms with Gasteiger partial charge in [-0.15, -0.1) is 0 Å². The summed E-state index contributed by atoms with van der Waals surface area (Å²) in [6.45, 7) is 0. The highest BCUT2D eigenvalue weighted by atomic mass is 16.6. The first-order valence-corrected chi connectivity index (χ1v) is 3.35. The molecule has 2 aromatic rings. The van der Waals surface area contributed by atoms with E-state index in [4.69, 9.17) is 4.42 Å². The summed E-state index contributed by atoms with van der Waals surface area (Å²) in [5.41, 5.74) is -0.0806. The molecule has 0 N–H and O–H groups in total. The Morgan fingerprint density at radius 2 is 2.46 bits per heavy atom. The average molecular weight is 180 g/mol. The van der Waals surface area contributed by atoms with Crippen molar-refractivity contribution in [3.8, 4) is 5.82 Å². The van der Waals surface area contributed by atoms with Crippen molar-refractivity contribution in [1.29, 1.82) is 0 Å². The van der Waals surface area contributed by atoms with Gasteiger partial charge in [0.15, 0.2) is 12.2 Å². The van der Waals surface area contributed by atoms with Crippen molar-refractivity contribution in [3.63, 3.8) is 0 Å². The van der Waals surface area contributed by atoms with Crippen molar-refractivity contribution in [2.24, 2.45) is 0 Å². The van der Waals surface area contributed by atoms with Gasteiger partial charge in [-0.05, 0) is 0 Å². The van der Waals surface area contributed by atoms with E-state index in [1.807, 2.05) is 0 Å². The third-order valence-corrected chi connectivity index (χ3v) is 1.43. The molecule has 2 aromatic heterocycles. The minimum absolute atomic E-state index is 0.0806. The summed E-state index contributed by atoms with van der Waals surface area (Å²) >= 11 is 0. The van der Waals surface area contributed by atoms with Gasteiger partial charge in [-0.25, -0.2) is 4.68 Å². The molecule has 0 aromatic carbocycles. The summed E-state index contributed by atoms with van der Waals surface area (Å²) in [5, 5.41) is 14.0. The van der Waals surface area contributed by atoms with Crippen LogP contribution in [-0.4, -0.2) is 19.7 Å². The van der Waals surface area contributed by atoms with Crippen LogP contribution in [-0.2, 0) is 0 Å². The lowest BCUT2D eigenvalue weighted by Crippen LogP contribution is -1.93. The second-order valence-corrected chi connectivity index (χ2v) is 2.25. The molecule has 0 fully saturated rings. The van der Waals surface area contributed by atoms with Gasteiger partial charge in [0.25, 0.3) is 0 Å². The number of hydrogen-bond acceptors (Lipinski definition) is 5. The third kappa shape index (κ3) is 1.26. The first-order valence-electron chi connectivity index (χ1n) is 3.35. The Bertz CT molecular complexity index is 419. The molecule has 0 unspecified atom stereocenters. The van der Waals surface area contributed by atoms with E-state index in [1.54, 1.807) is 0 Å². The zero-order valence-electron chi connectivity index (χ0n) is 6.32. The van der Waals surface area contributed by atoms with E-state index in [0.717, 1.165) is 6.20 Å². The van der Waals surface area contributed by atoms with E-state index in [9.17, 15) is 10.1 Å². The molecular formula is C6H4N4O3. The van der Waals surface area contributed by atoms with Crippen LogP contribution in [0.3, 0.4) is 0 Å². The fraction of sp³-hybridized carbons (Fsp3) is 0. The number of nitrogens with zero attached hydrogens (tertiary/aromatic N) is 4. The lowest BCUT2D eigenvalue weighted by molar-refractivity contribution is -0.384. The van der Waals surface area contributed by atoms with Crippen molar-refractivity contribution < 1.29 is 9.34 Å². The number of rotatable bonds is 2. The van der Waals surface area contributed by atoms with Crippen LogP contribution in [0.1, 0.15) is 0 Å². The molecule has 0 saturated heterocycles. The van der Waals surface area contributed by atoms with Crippen molar-refractivity contribution in [1.82, 2.24) is 14.8 Å². The van der Waals surface area contributed by atoms with Gasteiger partial charge in [-0.1, -0.05) is 0 Å². The number of oxazole rings is 1. The highest BCUT2D eigenvalue weighted by Crippen LogP contribution is 2.11. The fourth-order valence-corrected chi connectivity index (χ4v) is 0.852. The summed E-state index contributed by atoms with van der Waals surface area (Å²) in [6.07, 6.45) is 4.98. The lowest BCUT2D eigenvalue weighted by Gasteiger charge is -1.88. The van der Waals surface area contributed by atoms with Gasteiger partial charge >= 0.3 is 5.69 Å². The van der Waals surface area contributed by atoms with E-state index < -0.39 is 4.92 Å². The Hall–Kier alpha value is -2.18. The molecule has 2 rings (SSSR count). The molecule has 0 amide bonds. The van der Waals surface area contributed by atoms with E-state index in [0.29, 0.717) is 5.82 Å². The molecule has 0 aliphatic carbocycles. The maximum atomic E-state index is 10.3. The summed E-state index contributed by atoms with van der Waals surface area (Å²) in [4.78, 5) is 13.5. The Balaban J connectivity index is 2.39. The molecule has 2 heterocycles. The molecule has 0 bridgehead atoms. The average Bonchev–Trinajstić information content (AvgIpc) is 2.75. The van der Waals surface area contributed by atoms with Gasteiger partial charge in [0.2, 0.25) is 0 Å². The number of aromatic nitrogens is 3. The molecule has 0 aliphatic rings. The highest BCUT2D eigenvalue weighted by Gasteiger charge is 2.10. The van der Waals surface area contributed by atoms with Crippen molar-refractivity contribution in [2.75, 3.05) is 0 Å². The second-order valence-electron chi connectivity index (χ2n) is 2.25. The maximum absolute atomic E-state index is 10.3. The second kappa shape index (κ2) is 2.70. The molecular weight excluding hydrogens is 176 g/mol. The largest absolute Gasteiger partial charge is 0.449 e. The highest BCUT2D eigenvalue weighted by molar-refractivity contribution is 5.26. The van der Waals surface area contributed by atoms with Crippen molar-refractivity contribution in [3.05, 3.63) is 35.2 Å². The number of hydrogen-bond donors (Lipinski definition) is 0. The van der Waals surface area contributed by atoms with Crippen LogP contribution >= 0.6 is 0 Å². The Kier molecular flexibility index (Phi) is 1.55. The van der Waals surface area contributed by atoms with E-state index in [1.165, 1.54) is 23.5 Å². The van der Waals surface area contributed by atoms with Gasteiger partial charge in [0, 0.05) is 0 Å². The summed E-state index contributed by atoms with van der Waals surface area (Å²) in [6, 6.07) is 0. The minimum atomic E-state index is -0.524. The van der Waals surface area contributed by atoms with Gasteiger partial charge in [-0.3, -0.25) is 10.1 Å². The zero-order chi connectivity index (χ0) is 9.26. The molecule has 0 radical (unpaired) electrons. The smallest absolute Gasteiger partial charge is 0.307 e. The maximum Gasteiger partial charge on any atom is 0.307 e. The van der Waals surface area contributed by atoms with Crippen molar-refractivity contribution in [2.45, 2.75) is 0 Å². The molecule has 0 atom stereocenters. The molecule has 7 nitrogen and oxygen atoms in total. The minimum Gasteiger partial charge on any atom is -0.449 e. The van der Waals surface area contributed by atoms with Crippen LogP contribution in [0, 0.1) is 10.1 Å². The standard InChI is InChI=1S/C6H4N4O3/c11-10(12)5-1-8-9(2-5)6-3-13-4-7-6/h1-4H. The van der Waals surface area contributed by atoms with Gasteiger partial charge in [0.1, 0.15) is 18.7 Å². The van der Waals surface area contributed by atoms with E-state index >= 15 is 0 Å². The Morgan fingerprint density at radius 1 is 1.62 bits per heavy atom. The van der Waals surface area contributed by atoms with Crippen LogP contribution < -0.4 is 0 Å². The van der Waals surface area contributed by atoms with Crippen LogP contribution in [0.25, 0.3) is 5.82 Å². The first-order chi connectivity index (χ1) is 6.27. The summed E-state index contributed by atoms with van der Waals surface area (Å²) in [7, 11) is 0. The zero-order valence-corrected chi connectivity index (χ0v) is 6.32. The lowest BCUT2D eigenvalue weighted by atomic mass is 10.6. The topological polar surface area (TPSA) is 87.0 Å². The van der Waals surface area contributed by atoms with Gasteiger partial charge < -0.3 is 4.42 Å². The third-order valence-electron chi connectivity index (χ3n) is 1.43. The Morgan fingerprint density at radius 3 is 3.00 bits per heavy atom. The van der Waals surface area contributed by atoms with Gasteiger partial charge in [0.05, 0.1) is 4.92 Å². The normalized spacial score (nSPS) is 10.2.